The number of amides is 1. The molecule has 0 fully saturated rings. The van der Waals surface area contributed by atoms with Gasteiger partial charge in [0.05, 0.1) is 15.8 Å². The molecule has 1 aromatic heterocycles. The largest absolute Gasteiger partial charge is 0.392 e. The summed E-state index contributed by atoms with van der Waals surface area (Å²) < 4.78 is 0.599. The van der Waals surface area contributed by atoms with Crippen molar-refractivity contribution in [1.29, 1.82) is 0 Å². The smallest absolute Gasteiger partial charge is 0.261 e. The third kappa shape index (κ3) is 3.32. The Kier molecular flexibility index (Phi) is 4.36. The first-order valence-corrected chi connectivity index (χ1v) is 6.60. The molecule has 0 spiro atoms. The number of rotatable bonds is 4. The van der Waals surface area contributed by atoms with Gasteiger partial charge in [-0.1, -0.05) is 35.9 Å². The number of benzene rings is 1. The van der Waals surface area contributed by atoms with Crippen LogP contribution in [0.4, 0.5) is 0 Å². The lowest BCUT2D eigenvalue weighted by molar-refractivity contribution is 0.0955. The molecule has 1 aromatic carbocycles. The minimum absolute atomic E-state index is 0.00230. The van der Waals surface area contributed by atoms with E-state index in [0.717, 1.165) is 11.1 Å². The van der Waals surface area contributed by atoms with Crippen LogP contribution in [0.2, 0.25) is 4.34 Å². The first kappa shape index (κ1) is 13.1. The summed E-state index contributed by atoms with van der Waals surface area (Å²) in [5, 5.41) is 11.8. The van der Waals surface area contributed by atoms with Crippen molar-refractivity contribution in [2.75, 3.05) is 0 Å². The lowest BCUT2D eigenvalue weighted by Gasteiger charge is -2.05. The molecule has 2 N–H and O–H groups in total. The van der Waals surface area contributed by atoms with Crippen molar-refractivity contribution in [1.82, 2.24) is 5.32 Å². The molecule has 0 saturated carbocycles. The van der Waals surface area contributed by atoms with Crippen molar-refractivity contribution in [3.05, 3.63) is 56.7 Å². The normalized spacial score (nSPS) is 10.3. The van der Waals surface area contributed by atoms with Gasteiger partial charge < -0.3 is 10.4 Å². The van der Waals surface area contributed by atoms with Crippen molar-refractivity contribution in [3.63, 3.8) is 0 Å². The molecule has 1 heterocycles. The molecule has 0 unspecified atom stereocenters. The van der Waals surface area contributed by atoms with Gasteiger partial charge in [-0.3, -0.25) is 4.79 Å². The third-order valence-electron chi connectivity index (χ3n) is 2.42. The Morgan fingerprint density at radius 1 is 1.28 bits per heavy atom. The van der Waals surface area contributed by atoms with Gasteiger partial charge in [-0.25, -0.2) is 0 Å². The Morgan fingerprint density at radius 3 is 2.72 bits per heavy atom. The minimum atomic E-state index is -0.138. The zero-order valence-electron chi connectivity index (χ0n) is 9.52. The highest BCUT2D eigenvalue weighted by molar-refractivity contribution is 7.17. The minimum Gasteiger partial charge on any atom is -0.392 e. The lowest BCUT2D eigenvalue weighted by atomic mass is 10.1. The molecule has 94 valence electrons. The Hall–Kier alpha value is -1.36. The van der Waals surface area contributed by atoms with Gasteiger partial charge in [0, 0.05) is 6.54 Å². The zero-order valence-corrected chi connectivity index (χ0v) is 11.1. The number of carbonyl (C=O) groups is 1. The fourth-order valence-corrected chi connectivity index (χ4v) is 2.50. The molecule has 0 saturated heterocycles. The standard InChI is InChI=1S/C13H12ClNO2S/c14-12-5-4-11(18-12)13(17)15-7-9-2-1-3-10(6-9)8-16/h1-6,16H,7-8H2,(H,15,17). The average Bonchev–Trinajstić information content (AvgIpc) is 2.83. The number of aliphatic hydroxyl groups excluding tert-OH is 1. The predicted molar refractivity (Wildman–Crippen MR) is 72.9 cm³/mol. The SMILES string of the molecule is O=C(NCc1cccc(CO)c1)c1ccc(Cl)s1. The summed E-state index contributed by atoms with van der Waals surface area (Å²) in [7, 11) is 0. The molecule has 2 rings (SSSR count). The molecule has 3 nitrogen and oxygen atoms in total. The van der Waals surface area contributed by atoms with E-state index >= 15 is 0 Å². The third-order valence-corrected chi connectivity index (χ3v) is 3.65. The van der Waals surface area contributed by atoms with E-state index in [1.54, 1.807) is 12.1 Å². The highest BCUT2D eigenvalue weighted by Gasteiger charge is 2.07. The average molecular weight is 282 g/mol. The maximum Gasteiger partial charge on any atom is 0.261 e. The topological polar surface area (TPSA) is 49.3 Å². The Balaban J connectivity index is 1.97. The van der Waals surface area contributed by atoms with E-state index in [-0.39, 0.29) is 12.5 Å². The van der Waals surface area contributed by atoms with E-state index in [0.29, 0.717) is 15.8 Å². The lowest BCUT2D eigenvalue weighted by Crippen LogP contribution is -2.21. The van der Waals surface area contributed by atoms with Crippen LogP contribution in [0.25, 0.3) is 0 Å². The van der Waals surface area contributed by atoms with Crippen LogP contribution in [0.15, 0.2) is 36.4 Å². The molecular weight excluding hydrogens is 270 g/mol. The number of hydrogen-bond donors (Lipinski definition) is 2. The van der Waals surface area contributed by atoms with Gasteiger partial charge in [0.25, 0.3) is 5.91 Å². The van der Waals surface area contributed by atoms with E-state index < -0.39 is 0 Å². The molecule has 0 bridgehead atoms. The Labute approximate surface area is 114 Å². The highest BCUT2D eigenvalue weighted by Crippen LogP contribution is 2.21. The van der Waals surface area contributed by atoms with Crippen LogP contribution < -0.4 is 5.32 Å². The molecule has 0 aliphatic carbocycles. The van der Waals surface area contributed by atoms with Crippen LogP contribution in [0.3, 0.4) is 0 Å². The van der Waals surface area contributed by atoms with Crippen molar-refractivity contribution < 1.29 is 9.90 Å². The van der Waals surface area contributed by atoms with Gasteiger partial charge >= 0.3 is 0 Å². The molecule has 2 aromatic rings. The fraction of sp³-hybridized carbons (Fsp3) is 0.154. The number of hydrogen-bond acceptors (Lipinski definition) is 3. The quantitative estimate of drug-likeness (QED) is 0.905. The van der Waals surface area contributed by atoms with Crippen LogP contribution in [0.5, 0.6) is 0 Å². The van der Waals surface area contributed by atoms with Gasteiger partial charge in [-0.05, 0) is 23.3 Å². The second-order valence-electron chi connectivity index (χ2n) is 3.76. The van der Waals surface area contributed by atoms with Crippen LogP contribution in [-0.4, -0.2) is 11.0 Å². The zero-order chi connectivity index (χ0) is 13.0. The first-order valence-electron chi connectivity index (χ1n) is 5.41. The summed E-state index contributed by atoms with van der Waals surface area (Å²) in [6, 6.07) is 10.9. The number of nitrogens with one attached hydrogen (secondary N) is 1. The molecule has 0 radical (unpaired) electrons. The Bertz CT molecular complexity index is 553. The van der Waals surface area contributed by atoms with Gasteiger partial charge in [0.15, 0.2) is 0 Å². The summed E-state index contributed by atoms with van der Waals surface area (Å²) in [5.41, 5.74) is 1.79. The van der Waals surface area contributed by atoms with Crippen molar-refractivity contribution >= 4 is 28.8 Å². The Morgan fingerprint density at radius 2 is 2.06 bits per heavy atom. The number of thiophene rings is 1. The maximum atomic E-state index is 11.8. The molecule has 0 atom stereocenters. The highest BCUT2D eigenvalue weighted by atomic mass is 35.5. The van der Waals surface area contributed by atoms with Crippen LogP contribution in [-0.2, 0) is 13.2 Å². The number of carbonyl (C=O) groups excluding carboxylic acids is 1. The number of halogens is 1. The molecule has 0 aliphatic heterocycles. The van der Waals surface area contributed by atoms with E-state index in [4.69, 9.17) is 16.7 Å². The summed E-state index contributed by atoms with van der Waals surface area (Å²) >= 11 is 7.02. The van der Waals surface area contributed by atoms with Crippen molar-refractivity contribution in [2.45, 2.75) is 13.2 Å². The van der Waals surface area contributed by atoms with Crippen LogP contribution in [0.1, 0.15) is 20.8 Å². The predicted octanol–water partition coefficient (Wildman–Crippen LogP) is 2.82. The van der Waals surface area contributed by atoms with E-state index in [1.165, 1.54) is 11.3 Å². The summed E-state index contributed by atoms with van der Waals surface area (Å²) in [6.45, 7) is 0.435. The van der Waals surface area contributed by atoms with Crippen molar-refractivity contribution in [3.8, 4) is 0 Å². The monoisotopic (exact) mass is 281 g/mol. The molecule has 1 amide bonds. The van der Waals surface area contributed by atoms with E-state index in [2.05, 4.69) is 5.32 Å². The summed E-state index contributed by atoms with van der Waals surface area (Å²) in [6.07, 6.45) is 0. The second kappa shape index (κ2) is 6.00. The summed E-state index contributed by atoms with van der Waals surface area (Å²) in [5.74, 6) is -0.138. The molecule has 18 heavy (non-hydrogen) atoms. The second-order valence-corrected chi connectivity index (χ2v) is 5.48. The first-order chi connectivity index (χ1) is 8.69. The molecular formula is C13H12ClNO2S. The van der Waals surface area contributed by atoms with E-state index in [9.17, 15) is 4.79 Å². The van der Waals surface area contributed by atoms with Crippen molar-refractivity contribution in [2.24, 2.45) is 0 Å². The van der Waals surface area contributed by atoms with Crippen LogP contribution >= 0.6 is 22.9 Å². The summed E-state index contributed by atoms with van der Waals surface area (Å²) in [4.78, 5) is 12.4. The molecule has 0 aliphatic rings. The number of aliphatic hydroxyl groups is 1. The van der Waals surface area contributed by atoms with Gasteiger partial charge in [-0.15, -0.1) is 11.3 Å². The van der Waals surface area contributed by atoms with Gasteiger partial charge in [-0.2, -0.15) is 0 Å². The van der Waals surface area contributed by atoms with Crippen LogP contribution in [0, 0.1) is 0 Å². The van der Waals surface area contributed by atoms with E-state index in [1.807, 2.05) is 24.3 Å². The van der Waals surface area contributed by atoms with Gasteiger partial charge in [0.2, 0.25) is 0 Å². The van der Waals surface area contributed by atoms with Gasteiger partial charge in [0.1, 0.15) is 0 Å². The maximum absolute atomic E-state index is 11.8. The fourth-order valence-electron chi connectivity index (χ4n) is 1.54. The molecule has 5 heteroatoms.